The summed E-state index contributed by atoms with van der Waals surface area (Å²) in [6.45, 7) is -0.336. The highest BCUT2D eigenvalue weighted by Gasteiger charge is 2.55. The molecule has 1 saturated carbocycles. The molecule has 2 rings (SSSR count). The maximum atomic E-state index is 12.6. The van der Waals surface area contributed by atoms with Crippen molar-refractivity contribution in [3.63, 3.8) is 0 Å². The van der Waals surface area contributed by atoms with Crippen LogP contribution in [0.1, 0.15) is 25.7 Å². The highest BCUT2D eigenvalue weighted by Crippen LogP contribution is 2.42. The zero-order valence-electron chi connectivity index (χ0n) is 10.1. The van der Waals surface area contributed by atoms with Crippen LogP contribution in [0.5, 0.6) is 0 Å². The third kappa shape index (κ3) is 2.68. The van der Waals surface area contributed by atoms with Gasteiger partial charge in [-0.25, -0.2) is 0 Å². The molecule has 0 aromatic carbocycles. The Morgan fingerprint density at radius 3 is 2.42 bits per heavy atom. The van der Waals surface area contributed by atoms with Crippen LogP contribution in [0, 0.1) is 0 Å². The minimum Gasteiger partial charge on any atom is -0.481 e. The van der Waals surface area contributed by atoms with Gasteiger partial charge in [-0.15, -0.1) is 0 Å². The summed E-state index contributed by atoms with van der Waals surface area (Å²) in [4.78, 5) is 22.8. The summed E-state index contributed by atoms with van der Waals surface area (Å²) < 4.78 is 43.0. The Labute approximate surface area is 107 Å². The van der Waals surface area contributed by atoms with Crippen molar-refractivity contribution in [1.82, 2.24) is 4.90 Å². The van der Waals surface area contributed by atoms with E-state index in [4.69, 9.17) is 9.84 Å². The number of alkyl halides is 3. The van der Waals surface area contributed by atoms with Crippen LogP contribution in [-0.2, 0) is 14.3 Å². The number of carbonyl (C=O) groups is 2. The first-order valence-corrected chi connectivity index (χ1v) is 5.97. The number of hydrogen-bond acceptors (Lipinski definition) is 3. The molecule has 1 heterocycles. The van der Waals surface area contributed by atoms with Crippen molar-refractivity contribution in [1.29, 1.82) is 0 Å². The Kier molecular flexibility index (Phi) is 3.46. The summed E-state index contributed by atoms with van der Waals surface area (Å²) in [6.07, 6.45) is -4.54. The first kappa shape index (κ1) is 14.1. The molecule has 1 spiro atoms. The van der Waals surface area contributed by atoms with Crippen molar-refractivity contribution in [3.05, 3.63) is 0 Å². The number of aliphatic carboxylic acids is 1. The quantitative estimate of drug-likeness (QED) is 0.825. The van der Waals surface area contributed by atoms with E-state index in [-0.39, 0.29) is 13.2 Å². The zero-order valence-corrected chi connectivity index (χ0v) is 10.1. The first-order chi connectivity index (χ1) is 8.74. The fourth-order valence-corrected chi connectivity index (χ4v) is 2.57. The maximum absolute atomic E-state index is 12.6. The predicted molar refractivity (Wildman–Crippen MR) is 56.3 cm³/mol. The molecule has 2 aliphatic rings. The Balaban J connectivity index is 2.14. The van der Waals surface area contributed by atoms with E-state index in [0.717, 1.165) is 11.3 Å². The van der Waals surface area contributed by atoms with Crippen LogP contribution in [0.2, 0.25) is 0 Å². The number of carboxylic acid groups (broad SMARTS) is 1. The Bertz CT molecular complexity index is 392. The van der Waals surface area contributed by atoms with E-state index < -0.39 is 36.1 Å². The molecule has 0 bridgehead atoms. The van der Waals surface area contributed by atoms with Crippen LogP contribution in [-0.4, -0.2) is 52.9 Å². The lowest BCUT2D eigenvalue weighted by Gasteiger charge is -2.54. The molecule has 19 heavy (non-hydrogen) atoms. The monoisotopic (exact) mass is 281 g/mol. The van der Waals surface area contributed by atoms with Crippen molar-refractivity contribution in [2.24, 2.45) is 0 Å². The third-order valence-electron chi connectivity index (χ3n) is 3.72. The molecule has 1 aliphatic heterocycles. The minimum atomic E-state index is -4.94. The third-order valence-corrected chi connectivity index (χ3v) is 3.72. The maximum Gasteiger partial charge on any atom is 0.471 e. The molecule has 5 nitrogen and oxygen atoms in total. The molecule has 2 fully saturated rings. The number of morpholine rings is 1. The Morgan fingerprint density at radius 1 is 1.37 bits per heavy atom. The Hall–Kier alpha value is -1.31. The smallest absolute Gasteiger partial charge is 0.471 e. The number of carboxylic acids is 1. The lowest BCUT2D eigenvalue weighted by molar-refractivity contribution is -0.213. The molecule has 1 saturated heterocycles. The van der Waals surface area contributed by atoms with Gasteiger partial charge in [0.1, 0.15) is 0 Å². The standard InChI is InChI=1S/C11H14F3NO4/c12-11(13,14)9(18)15-5-7(4-8(16)17)19-6-10(15)2-1-3-10/h7H,1-6H2,(H,16,17). The first-order valence-electron chi connectivity index (χ1n) is 5.97. The molecule has 0 aromatic rings. The van der Waals surface area contributed by atoms with Gasteiger partial charge in [-0.3, -0.25) is 9.59 Å². The minimum absolute atomic E-state index is 0.0211. The van der Waals surface area contributed by atoms with E-state index in [1.54, 1.807) is 0 Å². The average molecular weight is 281 g/mol. The van der Waals surface area contributed by atoms with Gasteiger partial charge in [0.2, 0.25) is 0 Å². The second kappa shape index (κ2) is 4.66. The average Bonchev–Trinajstić information content (AvgIpc) is 2.23. The highest BCUT2D eigenvalue weighted by atomic mass is 19.4. The lowest BCUT2D eigenvalue weighted by atomic mass is 9.74. The van der Waals surface area contributed by atoms with Gasteiger partial charge in [-0.1, -0.05) is 0 Å². The summed E-state index contributed by atoms with van der Waals surface area (Å²) in [5, 5.41) is 8.65. The van der Waals surface area contributed by atoms with Crippen LogP contribution in [0.25, 0.3) is 0 Å². The summed E-state index contributed by atoms with van der Waals surface area (Å²) in [5.74, 6) is -3.06. The van der Waals surface area contributed by atoms with Crippen molar-refractivity contribution < 1.29 is 32.6 Å². The van der Waals surface area contributed by atoms with E-state index in [9.17, 15) is 22.8 Å². The number of ether oxygens (including phenoxy) is 1. The fourth-order valence-electron chi connectivity index (χ4n) is 2.57. The van der Waals surface area contributed by atoms with E-state index in [1.165, 1.54) is 0 Å². The van der Waals surface area contributed by atoms with Crippen LogP contribution >= 0.6 is 0 Å². The summed E-state index contributed by atoms with van der Waals surface area (Å²) in [5.41, 5.74) is -0.887. The molecule has 108 valence electrons. The van der Waals surface area contributed by atoms with E-state index in [0.29, 0.717) is 12.8 Å². The molecule has 1 aliphatic carbocycles. The van der Waals surface area contributed by atoms with Crippen LogP contribution in [0.3, 0.4) is 0 Å². The molecule has 0 aromatic heterocycles. The van der Waals surface area contributed by atoms with Crippen molar-refractivity contribution in [2.45, 2.75) is 43.5 Å². The van der Waals surface area contributed by atoms with Gasteiger partial charge in [0.25, 0.3) is 0 Å². The van der Waals surface area contributed by atoms with Gasteiger partial charge < -0.3 is 14.7 Å². The van der Waals surface area contributed by atoms with Crippen LogP contribution < -0.4 is 0 Å². The van der Waals surface area contributed by atoms with Crippen LogP contribution in [0.15, 0.2) is 0 Å². The molecular weight excluding hydrogens is 267 g/mol. The van der Waals surface area contributed by atoms with Gasteiger partial charge in [-0.05, 0) is 19.3 Å². The van der Waals surface area contributed by atoms with Gasteiger partial charge in [0.05, 0.1) is 24.7 Å². The molecule has 1 N–H and O–H groups in total. The topological polar surface area (TPSA) is 66.8 Å². The molecule has 1 atom stereocenters. The number of hydrogen-bond donors (Lipinski definition) is 1. The fraction of sp³-hybridized carbons (Fsp3) is 0.818. The summed E-state index contributed by atoms with van der Waals surface area (Å²) in [7, 11) is 0. The molecule has 1 amide bonds. The van der Waals surface area contributed by atoms with Gasteiger partial charge in [0.15, 0.2) is 0 Å². The molecule has 1 unspecified atom stereocenters. The van der Waals surface area contributed by atoms with Gasteiger partial charge in [0, 0.05) is 6.54 Å². The second-order valence-corrected chi connectivity index (χ2v) is 5.02. The van der Waals surface area contributed by atoms with Crippen molar-refractivity contribution in [3.8, 4) is 0 Å². The second-order valence-electron chi connectivity index (χ2n) is 5.02. The molecular formula is C11H14F3NO4. The molecule has 8 heteroatoms. The SMILES string of the molecule is O=C(O)CC1CN(C(=O)C(F)(F)F)C2(CCC2)CO1. The van der Waals surface area contributed by atoms with E-state index in [2.05, 4.69) is 0 Å². The van der Waals surface area contributed by atoms with Crippen LogP contribution in [0.4, 0.5) is 13.2 Å². The molecule has 0 radical (unpaired) electrons. The predicted octanol–water partition coefficient (Wildman–Crippen LogP) is 1.17. The van der Waals surface area contributed by atoms with Crippen molar-refractivity contribution in [2.75, 3.05) is 13.2 Å². The number of rotatable bonds is 2. The van der Waals surface area contributed by atoms with Crippen molar-refractivity contribution >= 4 is 11.9 Å². The summed E-state index contributed by atoms with van der Waals surface area (Å²) >= 11 is 0. The van der Waals surface area contributed by atoms with Gasteiger partial charge >= 0.3 is 18.1 Å². The van der Waals surface area contributed by atoms with Gasteiger partial charge in [-0.2, -0.15) is 13.2 Å². The number of carbonyl (C=O) groups excluding carboxylic acids is 1. The normalized spacial score (nSPS) is 26.1. The largest absolute Gasteiger partial charge is 0.481 e. The Morgan fingerprint density at radius 2 is 2.00 bits per heavy atom. The summed E-state index contributed by atoms with van der Waals surface area (Å²) in [6, 6.07) is 0. The number of amides is 1. The van der Waals surface area contributed by atoms with E-state index >= 15 is 0 Å². The zero-order chi connectivity index (χ0) is 14.3. The lowest BCUT2D eigenvalue weighted by Crippen LogP contribution is -2.66. The highest BCUT2D eigenvalue weighted by molar-refractivity contribution is 5.83. The van der Waals surface area contributed by atoms with E-state index in [1.807, 2.05) is 0 Å². The number of nitrogens with zero attached hydrogens (tertiary/aromatic N) is 1. The number of halogens is 3.